The van der Waals surface area contributed by atoms with E-state index >= 15 is 0 Å². The smallest absolute Gasteiger partial charge is 0.141 e. The highest BCUT2D eigenvalue weighted by atomic mass is 32.2. The van der Waals surface area contributed by atoms with Crippen LogP contribution in [0.25, 0.3) is 0 Å². The summed E-state index contributed by atoms with van der Waals surface area (Å²) in [4.78, 5) is 6.45. The molecule has 1 aliphatic heterocycles. The molecule has 0 aromatic carbocycles. The van der Waals surface area contributed by atoms with Crippen molar-refractivity contribution in [2.75, 3.05) is 5.75 Å². The molecule has 3 N–H and O–H groups in total. The number of thiophene rings is 1. The third-order valence-electron chi connectivity index (χ3n) is 3.16. The molecule has 3 heterocycles. The zero-order valence-corrected chi connectivity index (χ0v) is 11.9. The summed E-state index contributed by atoms with van der Waals surface area (Å²) >= 11 is 3.71. The van der Waals surface area contributed by atoms with Gasteiger partial charge in [0.05, 0.1) is 12.2 Å². The van der Waals surface area contributed by atoms with E-state index in [1.54, 1.807) is 17.5 Å². The number of thioether (sulfide) groups is 1. The minimum absolute atomic E-state index is 0.191. The van der Waals surface area contributed by atoms with Crippen molar-refractivity contribution < 1.29 is 4.39 Å². The van der Waals surface area contributed by atoms with Crippen molar-refractivity contribution >= 4 is 23.1 Å². The summed E-state index contributed by atoms with van der Waals surface area (Å²) in [5, 5.41) is 0. The van der Waals surface area contributed by atoms with Crippen molar-refractivity contribution in [3.63, 3.8) is 0 Å². The molecule has 1 aliphatic rings. The van der Waals surface area contributed by atoms with Gasteiger partial charge in [0, 0.05) is 21.7 Å². The average Bonchev–Trinajstić information content (AvgIpc) is 2.83. The van der Waals surface area contributed by atoms with Crippen LogP contribution in [0.15, 0.2) is 24.5 Å². The summed E-state index contributed by atoms with van der Waals surface area (Å²) in [6.07, 6.45) is 3.97. The Hall–Kier alpha value is -0.950. The highest BCUT2D eigenvalue weighted by molar-refractivity contribution is 7.98. The molecule has 19 heavy (non-hydrogen) atoms. The van der Waals surface area contributed by atoms with E-state index in [9.17, 15) is 4.39 Å². The maximum Gasteiger partial charge on any atom is 0.141 e. The first-order chi connectivity index (χ1) is 9.28. The molecular formula is C13H14FN3S2. The molecule has 6 heteroatoms. The van der Waals surface area contributed by atoms with Crippen LogP contribution in [-0.4, -0.2) is 10.7 Å². The lowest BCUT2D eigenvalue weighted by Gasteiger charge is -2.14. The van der Waals surface area contributed by atoms with Gasteiger partial charge in [-0.2, -0.15) is 11.8 Å². The van der Waals surface area contributed by atoms with Gasteiger partial charge in [-0.15, -0.1) is 11.3 Å². The molecule has 2 aromatic rings. The minimum atomic E-state index is -0.338. The lowest BCUT2D eigenvalue weighted by atomic mass is 10.1. The Morgan fingerprint density at radius 3 is 3.00 bits per heavy atom. The van der Waals surface area contributed by atoms with E-state index in [0.717, 1.165) is 22.6 Å². The third kappa shape index (κ3) is 2.67. The van der Waals surface area contributed by atoms with E-state index in [1.807, 2.05) is 11.8 Å². The highest BCUT2D eigenvalue weighted by Crippen LogP contribution is 2.36. The van der Waals surface area contributed by atoms with Gasteiger partial charge in [0.1, 0.15) is 5.82 Å². The molecule has 0 saturated carbocycles. The van der Waals surface area contributed by atoms with Crippen molar-refractivity contribution in [3.8, 4) is 0 Å². The van der Waals surface area contributed by atoms with E-state index in [2.05, 4.69) is 16.5 Å². The summed E-state index contributed by atoms with van der Waals surface area (Å²) in [5.41, 5.74) is 4.92. The van der Waals surface area contributed by atoms with Crippen LogP contribution in [0, 0.1) is 5.82 Å². The van der Waals surface area contributed by atoms with Crippen molar-refractivity contribution in [1.82, 2.24) is 10.4 Å². The van der Waals surface area contributed by atoms with E-state index in [1.165, 1.54) is 28.5 Å². The zero-order valence-electron chi connectivity index (χ0n) is 10.2. The van der Waals surface area contributed by atoms with Crippen LogP contribution in [0.4, 0.5) is 4.39 Å². The third-order valence-corrected chi connectivity index (χ3v) is 5.47. The van der Waals surface area contributed by atoms with E-state index in [4.69, 9.17) is 5.84 Å². The Balaban J connectivity index is 1.96. The number of aromatic nitrogens is 1. The lowest BCUT2D eigenvalue weighted by molar-refractivity contribution is 0.601. The number of nitrogens with one attached hydrogen (secondary N) is 1. The zero-order chi connectivity index (χ0) is 13.2. The molecule has 0 bridgehead atoms. The Kier molecular flexibility index (Phi) is 3.83. The quantitative estimate of drug-likeness (QED) is 0.675. The molecule has 2 aromatic heterocycles. The molecule has 1 atom stereocenters. The van der Waals surface area contributed by atoms with Gasteiger partial charge in [0.25, 0.3) is 0 Å². The van der Waals surface area contributed by atoms with Crippen LogP contribution < -0.4 is 11.3 Å². The maximum absolute atomic E-state index is 13.3. The number of nitrogens with zero attached hydrogens (tertiary/aromatic N) is 1. The van der Waals surface area contributed by atoms with Gasteiger partial charge >= 0.3 is 0 Å². The number of hydrazine groups is 1. The first kappa shape index (κ1) is 13.1. The molecule has 0 aliphatic carbocycles. The van der Waals surface area contributed by atoms with Crippen LogP contribution in [0.5, 0.6) is 0 Å². The SMILES string of the molecule is NNC(c1cncc(F)c1)c1cc2c(s1)CCSC2. The van der Waals surface area contributed by atoms with Crippen molar-refractivity contribution in [2.24, 2.45) is 5.84 Å². The Labute approximate surface area is 119 Å². The lowest BCUT2D eigenvalue weighted by Crippen LogP contribution is -2.28. The number of fused-ring (bicyclic) bond motifs is 1. The molecule has 3 nitrogen and oxygen atoms in total. The largest absolute Gasteiger partial charge is 0.271 e. The standard InChI is InChI=1S/C13H14FN3S2/c14-10-3-8(5-16-6-10)13(17-15)12-4-9-7-18-2-1-11(9)19-12/h3-6,13,17H,1-2,7,15H2. The summed E-state index contributed by atoms with van der Waals surface area (Å²) in [6, 6.07) is 3.47. The summed E-state index contributed by atoms with van der Waals surface area (Å²) in [5.74, 6) is 7.54. The first-order valence-corrected chi connectivity index (χ1v) is 8.01. The molecule has 3 rings (SSSR count). The summed E-state index contributed by atoms with van der Waals surface area (Å²) in [7, 11) is 0. The number of hydrogen-bond donors (Lipinski definition) is 2. The Morgan fingerprint density at radius 2 is 2.26 bits per heavy atom. The second kappa shape index (κ2) is 5.58. The van der Waals surface area contributed by atoms with Gasteiger partial charge in [-0.25, -0.2) is 9.82 Å². The molecule has 0 spiro atoms. The van der Waals surface area contributed by atoms with E-state index < -0.39 is 0 Å². The highest BCUT2D eigenvalue weighted by Gasteiger charge is 2.20. The Bertz CT molecular complexity index is 562. The predicted molar refractivity (Wildman–Crippen MR) is 77.5 cm³/mol. The van der Waals surface area contributed by atoms with E-state index in [-0.39, 0.29) is 11.9 Å². The van der Waals surface area contributed by atoms with Gasteiger partial charge < -0.3 is 0 Å². The molecule has 0 saturated heterocycles. The van der Waals surface area contributed by atoms with Crippen LogP contribution in [0.1, 0.15) is 26.9 Å². The average molecular weight is 295 g/mol. The number of hydrogen-bond acceptors (Lipinski definition) is 5. The van der Waals surface area contributed by atoms with Crippen LogP contribution >= 0.6 is 23.1 Å². The van der Waals surface area contributed by atoms with Crippen LogP contribution in [-0.2, 0) is 12.2 Å². The predicted octanol–water partition coefficient (Wildman–Crippen LogP) is 2.62. The van der Waals surface area contributed by atoms with Gasteiger partial charge in [0.15, 0.2) is 0 Å². The fraction of sp³-hybridized carbons (Fsp3) is 0.308. The van der Waals surface area contributed by atoms with Gasteiger partial charge in [-0.3, -0.25) is 10.8 Å². The second-order valence-electron chi connectivity index (χ2n) is 4.44. The molecule has 0 radical (unpaired) electrons. The number of aryl methyl sites for hydroxylation is 1. The van der Waals surface area contributed by atoms with Crippen LogP contribution in [0.3, 0.4) is 0 Å². The van der Waals surface area contributed by atoms with Gasteiger partial charge in [-0.1, -0.05) is 0 Å². The summed E-state index contributed by atoms with van der Waals surface area (Å²) in [6.45, 7) is 0. The van der Waals surface area contributed by atoms with Gasteiger partial charge in [-0.05, 0) is 35.4 Å². The monoisotopic (exact) mass is 295 g/mol. The van der Waals surface area contributed by atoms with Crippen molar-refractivity contribution in [2.45, 2.75) is 18.2 Å². The fourth-order valence-electron chi connectivity index (χ4n) is 2.24. The topological polar surface area (TPSA) is 50.9 Å². The Morgan fingerprint density at radius 1 is 1.37 bits per heavy atom. The first-order valence-electron chi connectivity index (χ1n) is 6.03. The minimum Gasteiger partial charge on any atom is -0.271 e. The molecule has 1 unspecified atom stereocenters. The number of halogens is 1. The van der Waals surface area contributed by atoms with Gasteiger partial charge in [0.2, 0.25) is 0 Å². The molecule has 0 amide bonds. The molecule has 100 valence electrons. The number of pyridine rings is 1. The molecule has 0 fully saturated rings. The fourth-order valence-corrected chi connectivity index (χ4v) is 4.71. The number of rotatable bonds is 3. The van der Waals surface area contributed by atoms with Crippen LogP contribution in [0.2, 0.25) is 0 Å². The normalized spacial score (nSPS) is 16.1. The van der Waals surface area contributed by atoms with E-state index in [0.29, 0.717) is 0 Å². The maximum atomic E-state index is 13.3. The van der Waals surface area contributed by atoms with Crippen molar-refractivity contribution in [3.05, 3.63) is 51.2 Å². The second-order valence-corrected chi connectivity index (χ2v) is 6.71. The number of nitrogens with two attached hydrogens (primary N) is 1. The molecular weight excluding hydrogens is 281 g/mol. The van der Waals surface area contributed by atoms with Crippen molar-refractivity contribution in [1.29, 1.82) is 0 Å². The summed E-state index contributed by atoms with van der Waals surface area (Å²) < 4.78 is 13.3.